The van der Waals surface area contributed by atoms with Crippen LogP contribution in [-0.4, -0.2) is 15.7 Å². The zero-order chi connectivity index (χ0) is 14.9. The standard InChI is InChI=1S/C12H13Cl2N4O2/c1-16-2-3-17(7-16)6-11(19)18(20)8-4-9(13)12(15)10(14)5-8/h2-5,7,20H,6,15H2,1H3/q+1. The van der Waals surface area contributed by atoms with Gasteiger partial charge in [-0.3, -0.25) is 10.0 Å². The Morgan fingerprint density at radius 3 is 2.55 bits per heavy atom. The minimum Gasteiger partial charge on any atom is -0.396 e. The maximum absolute atomic E-state index is 12.0. The number of rotatable bonds is 3. The van der Waals surface area contributed by atoms with Crippen LogP contribution in [0.3, 0.4) is 0 Å². The first-order valence-electron chi connectivity index (χ1n) is 5.66. The van der Waals surface area contributed by atoms with Gasteiger partial charge < -0.3 is 5.73 Å². The highest BCUT2D eigenvalue weighted by atomic mass is 35.5. The molecule has 2 rings (SSSR count). The number of amides is 1. The molecule has 0 radical (unpaired) electrons. The highest BCUT2D eigenvalue weighted by Crippen LogP contribution is 2.32. The number of carbonyl (C=O) groups excluding carboxylic acids is 1. The highest BCUT2D eigenvalue weighted by Gasteiger charge is 2.18. The van der Waals surface area contributed by atoms with E-state index in [9.17, 15) is 10.0 Å². The molecule has 106 valence electrons. The summed E-state index contributed by atoms with van der Waals surface area (Å²) in [4.78, 5) is 12.0. The molecule has 0 saturated heterocycles. The number of aromatic nitrogens is 2. The number of nitrogens with two attached hydrogens (primary N) is 1. The Labute approximate surface area is 125 Å². The van der Waals surface area contributed by atoms with Crippen LogP contribution in [0, 0.1) is 0 Å². The van der Waals surface area contributed by atoms with Crippen LogP contribution in [-0.2, 0) is 18.4 Å². The third-order valence-corrected chi connectivity index (χ3v) is 3.31. The van der Waals surface area contributed by atoms with Crippen LogP contribution in [0.15, 0.2) is 30.9 Å². The Bertz CT molecular complexity index is 634. The third-order valence-electron chi connectivity index (χ3n) is 2.69. The second-order valence-electron chi connectivity index (χ2n) is 4.28. The van der Waals surface area contributed by atoms with Crippen molar-refractivity contribution in [3.05, 3.63) is 40.9 Å². The molecule has 0 aliphatic heterocycles. The number of halogens is 2. The number of carbonyl (C=O) groups is 1. The van der Waals surface area contributed by atoms with Crippen molar-refractivity contribution in [1.82, 2.24) is 4.57 Å². The van der Waals surface area contributed by atoms with Gasteiger partial charge in [0, 0.05) is 0 Å². The number of hydrogen-bond acceptors (Lipinski definition) is 3. The lowest BCUT2D eigenvalue weighted by Gasteiger charge is -2.15. The molecule has 0 fully saturated rings. The maximum Gasteiger partial charge on any atom is 0.292 e. The van der Waals surface area contributed by atoms with Crippen molar-refractivity contribution in [1.29, 1.82) is 0 Å². The van der Waals surface area contributed by atoms with Gasteiger partial charge in [0.1, 0.15) is 12.4 Å². The summed E-state index contributed by atoms with van der Waals surface area (Å²) in [7, 11) is 1.83. The van der Waals surface area contributed by atoms with E-state index < -0.39 is 5.91 Å². The van der Waals surface area contributed by atoms with Gasteiger partial charge in [-0.05, 0) is 12.1 Å². The Morgan fingerprint density at radius 2 is 2.05 bits per heavy atom. The summed E-state index contributed by atoms with van der Waals surface area (Å²) in [6.07, 6.45) is 5.22. The van der Waals surface area contributed by atoms with E-state index in [4.69, 9.17) is 28.9 Å². The Hall–Kier alpha value is -1.76. The molecule has 0 atom stereocenters. The summed E-state index contributed by atoms with van der Waals surface area (Å²) < 4.78 is 3.41. The zero-order valence-corrected chi connectivity index (χ0v) is 12.1. The number of hydrogen-bond donors (Lipinski definition) is 2. The number of nitrogen functional groups attached to an aromatic ring is 1. The minimum atomic E-state index is -0.530. The maximum atomic E-state index is 12.0. The van der Waals surface area contributed by atoms with Crippen LogP contribution < -0.4 is 15.4 Å². The zero-order valence-electron chi connectivity index (χ0n) is 10.6. The van der Waals surface area contributed by atoms with Crippen molar-refractivity contribution in [3.8, 4) is 0 Å². The summed E-state index contributed by atoms with van der Waals surface area (Å²) in [5.74, 6) is -0.530. The topological polar surface area (TPSA) is 75.4 Å². The van der Waals surface area contributed by atoms with Crippen molar-refractivity contribution in [2.75, 3.05) is 10.8 Å². The average Bonchev–Trinajstić information content (AvgIpc) is 2.79. The minimum absolute atomic E-state index is 0.0169. The molecule has 0 saturated carbocycles. The van der Waals surface area contributed by atoms with Gasteiger partial charge in [-0.1, -0.05) is 23.2 Å². The van der Waals surface area contributed by atoms with Gasteiger partial charge >= 0.3 is 0 Å². The smallest absolute Gasteiger partial charge is 0.292 e. The first-order valence-corrected chi connectivity index (χ1v) is 6.41. The summed E-state index contributed by atoms with van der Waals surface area (Å²) in [5.41, 5.74) is 5.96. The fraction of sp³-hybridized carbons (Fsp3) is 0.167. The van der Waals surface area contributed by atoms with Crippen molar-refractivity contribution in [2.45, 2.75) is 6.54 Å². The van der Waals surface area contributed by atoms with E-state index in [1.807, 2.05) is 7.05 Å². The van der Waals surface area contributed by atoms with E-state index >= 15 is 0 Å². The second kappa shape index (κ2) is 5.70. The Balaban J connectivity index is 2.18. The number of imidazole rings is 1. The summed E-state index contributed by atoms with van der Waals surface area (Å²) >= 11 is 11.7. The molecule has 0 aliphatic carbocycles. The Kier molecular flexibility index (Phi) is 4.17. The van der Waals surface area contributed by atoms with Crippen LogP contribution in [0.2, 0.25) is 10.0 Å². The SMILES string of the molecule is C[n+]1ccn(CC(=O)N(O)c2cc(Cl)c(N)c(Cl)c2)c1. The predicted molar refractivity (Wildman–Crippen MR) is 75.8 cm³/mol. The van der Waals surface area contributed by atoms with Crippen LogP contribution in [0.4, 0.5) is 11.4 Å². The highest BCUT2D eigenvalue weighted by molar-refractivity contribution is 6.39. The first kappa shape index (κ1) is 14.6. The van der Waals surface area contributed by atoms with E-state index in [2.05, 4.69) is 0 Å². The van der Waals surface area contributed by atoms with Gasteiger partial charge in [0.2, 0.25) is 6.33 Å². The van der Waals surface area contributed by atoms with Gasteiger partial charge in [0.05, 0.1) is 28.5 Å². The molecule has 1 aromatic heterocycles. The molecule has 20 heavy (non-hydrogen) atoms. The van der Waals surface area contributed by atoms with Gasteiger partial charge in [0.15, 0.2) is 6.54 Å². The van der Waals surface area contributed by atoms with Crippen molar-refractivity contribution < 1.29 is 14.6 Å². The first-order chi connectivity index (χ1) is 9.38. The molecule has 0 spiro atoms. The van der Waals surface area contributed by atoms with E-state index in [0.717, 1.165) is 0 Å². The third kappa shape index (κ3) is 3.04. The summed E-state index contributed by atoms with van der Waals surface area (Å²) in [6.45, 7) is -0.0169. The van der Waals surface area contributed by atoms with Crippen LogP contribution in [0.25, 0.3) is 0 Å². The van der Waals surface area contributed by atoms with Gasteiger partial charge in [-0.15, -0.1) is 0 Å². The molecule has 8 heteroatoms. The number of hydroxylamine groups is 1. The molecule has 6 nitrogen and oxygen atoms in total. The molecule has 1 heterocycles. The fourth-order valence-corrected chi connectivity index (χ4v) is 2.13. The van der Waals surface area contributed by atoms with E-state index in [1.54, 1.807) is 27.9 Å². The normalized spacial score (nSPS) is 10.6. The van der Waals surface area contributed by atoms with Crippen LogP contribution in [0.5, 0.6) is 0 Å². The fourth-order valence-electron chi connectivity index (χ4n) is 1.66. The van der Waals surface area contributed by atoms with Crippen molar-refractivity contribution in [3.63, 3.8) is 0 Å². The van der Waals surface area contributed by atoms with Crippen molar-refractivity contribution in [2.24, 2.45) is 7.05 Å². The summed E-state index contributed by atoms with van der Waals surface area (Å²) in [5, 5.41) is 10.7. The van der Waals surface area contributed by atoms with Crippen LogP contribution in [0.1, 0.15) is 0 Å². The molecule has 2 aromatic rings. The van der Waals surface area contributed by atoms with Crippen molar-refractivity contribution >= 4 is 40.5 Å². The van der Waals surface area contributed by atoms with Crippen LogP contribution >= 0.6 is 23.2 Å². The van der Waals surface area contributed by atoms with E-state index in [1.165, 1.54) is 12.1 Å². The van der Waals surface area contributed by atoms with E-state index in [-0.39, 0.29) is 28.0 Å². The number of benzene rings is 1. The monoisotopic (exact) mass is 315 g/mol. The van der Waals surface area contributed by atoms with E-state index in [0.29, 0.717) is 5.06 Å². The van der Waals surface area contributed by atoms with Gasteiger partial charge in [0.25, 0.3) is 5.91 Å². The average molecular weight is 316 g/mol. The largest absolute Gasteiger partial charge is 0.396 e. The molecular weight excluding hydrogens is 303 g/mol. The molecule has 1 aromatic carbocycles. The molecule has 0 unspecified atom stereocenters. The predicted octanol–water partition coefficient (Wildman–Crippen LogP) is 1.62. The lowest BCUT2D eigenvalue weighted by Crippen LogP contribution is -2.31. The molecule has 0 aliphatic rings. The van der Waals surface area contributed by atoms with Gasteiger partial charge in [-0.2, -0.15) is 5.06 Å². The number of aryl methyl sites for hydroxylation is 1. The molecule has 0 bridgehead atoms. The number of nitrogens with zero attached hydrogens (tertiary/aromatic N) is 3. The molecule has 3 N–H and O–H groups in total. The summed E-state index contributed by atoms with van der Waals surface area (Å²) in [6, 6.07) is 2.74. The van der Waals surface area contributed by atoms with Gasteiger partial charge in [-0.25, -0.2) is 9.13 Å². The number of anilines is 2. The Morgan fingerprint density at radius 1 is 1.45 bits per heavy atom. The lowest BCUT2D eigenvalue weighted by atomic mass is 10.2. The lowest BCUT2D eigenvalue weighted by molar-refractivity contribution is -0.671. The second-order valence-corrected chi connectivity index (χ2v) is 5.09. The molecular formula is C12H13Cl2N4O2+. The quantitative estimate of drug-likeness (QED) is 0.391. The molecule has 1 amide bonds.